The first-order valence-electron chi connectivity index (χ1n) is 6.69. The first kappa shape index (κ1) is 15.1. The average molecular weight is 288 g/mol. The Morgan fingerprint density at radius 2 is 1.86 bits per heavy atom. The van der Waals surface area contributed by atoms with Gasteiger partial charge in [0.15, 0.2) is 0 Å². The van der Waals surface area contributed by atoms with Gasteiger partial charge in [0.25, 0.3) is 11.6 Å². The maximum atomic E-state index is 12.1. The van der Waals surface area contributed by atoms with E-state index in [0.717, 1.165) is 16.9 Å². The van der Waals surface area contributed by atoms with Crippen LogP contribution in [0, 0.1) is 0 Å². The second kappa shape index (κ2) is 5.60. The van der Waals surface area contributed by atoms with Crippen LogP contribution in [0.2, 0.25) is 0 Å². The van der Waals surface area contributed by atoms with E-state index in [4.69, 9.17) is 9.47 Å². The third-order valence-electron chi connectivity index (χ3n) is 3.29. The molecule has 0 atom stereocenters. The monoisotopic (exact) mass is 288 g/mol. The molecule has 0 saturated carbocycles. The topological polar surface area (TPSA) is 64.2 Å². The molecule has 1 aromatic carbocycles. The van der Waals surface area contributed by atoms with Crippen molar-refractivity contribution in [3.05, 3.63) is 40.3 Å². The molecular weight excluding hydrogens is 268 g/mol. The molecule has 1 heterocycles. The van der Waals surface area contributed by atoms with E-state index in [9.17, 15) is 4.79 Å². The van der Waals surface area contributed by atoms with E-state index < -0.39 is 0 Å². The van der Waals surface area contributed by atoms with Crippen LogP contribution in [0.5, 0.6) is 11.8 Å². The molecule has 5 nitrogen and oxygen atoms in total. The zero-order valence-electron chi connectivity index (χ0n) is 13.0. The number of aromatic amines is 1. The van der Waals surface area contributed by atoms with Crippen LogP contribution < -0.4 is 15.0 Å². The molecule has 1 N–H and O–H groups in total. The lowest BCUT2D eigenvalue weighted by molar-refractivity contribution is 0.378. The highest BCUT2D eigenvalue weighted by Gasteiger charge is 2.20. The van der Waals surface area contributed by atoms with Crippen molar-refractivity contribution in [1.29, 1.82) is 0 Å². The van der Waals surface area contributed by atoms with Crippen LogP contribution in [-0.2, 0) is 5.41 Å². The second-order valence-electron chi connectivity index (χ2n) is 5.80. The molecular formula is C16H20N2O3. The SMILES string of the molecule is COc1ncc(-c2ccc(OC)c(C(C)(C)C)c2)c(=O)[nH]1. The van der Waals surface area contributed by atoms with Crippen molar-refractivity contribution in [3.8, 4) is 22.9 Å². The number of hydrogen-bond donors (Lipinski definition) is 1. The number of H-pyrrole nitrogens is 1. The Balaban J connectivity index is 2.58. The first-order chi connectivity index (χ1) is 9.86. The number of aromatic nitrogens is 2. The normalized spacial score (nSPS) is 11.3. The smallest absolute Gasteiger partial charge is 0.296 e. The molecule has 0 bridgehead atoms. The van der Waals surface area contributed by atoms with Crippen molar-refractivity contribution in [2.24, 2.45) is 0 Å². The number of nitrogens with zero attached hydrogens (tertiary/aromatic N) is 1. The maximum Gasteiger partial charge on any atom is 0.296 e. The van der Waals surface area contributed by atoms with E-state index >= 15 is 0 Å². The number of methoxy groups -OCH3 is 2. The third kappa shape index (κ3) is 3.07. The number of rotatable bonds is 3. The summed E-state index contributed by atoms with van der Waals surface area (Å²) in [6.45, 7) is 6.31. The molecule has 0 radical (unpaired) electrons. The van der Waals surface area contributed by atoms with Gasteiger partial charge in [0.1, 0.15) is 5.75 Å². The lowest BCUT2D eigenvalue weighted by Gasteiger charge is -2.22. The lowest BCUT2D eigenvalue weighted by atomic mass is 9.85. The number of nitrogens with one attached hydrogen (secondary N) is 1. The summed E-state index contributed by atoms with van der Waals surface area (Å²) in [6.07, 6.45) is 1.52. The summed E-state index contributed by atoms with van der Waals surface area (Å²) in [5.74, 6) is 0.809. The number of benzene rings is 1. The molecule has 2 aromatic rings. The van der Waals surface area contributed by atoms with Gasteiger partial charge in [-0.25, -0.2) is 4.98 Å². The van der Waals surface area contributed by atoms with Gasteiger partial charge in [-0.05, 0) is 23.1 Å². The van der Waals surface area contributed by atoms with E-state index in [1.54, 1.807) is 7.11 Å². The zero-order valence-corrected chi connectivity index (χ0v) is 13.0. The van der Waals surface area contributed by atoms with Gasteiger partial charge in [0, 0.05) is 11.8 Å². The minimum atomic E-state index is -0.230. The van der Waals surface area contributed by atoms with Gasteiger partial charge in [-0.15, -0.1) is 0 Å². The molecule has 0 spiro atoms. The van der Waals surface area contributed by atoms with E-state index in [0.29, 0.717) is 5.56 Å². The molecule has 5 heteroatoms. The molecule has 0 saturated heterocycles. The standard InChI is InChI=1S/C16H20N2O3/c1-16(2,3)12-8-10(6-7-13(12)20-4)11-9-17-15(21-5)18-14(11)19/h6-9H,1-5H3,(H,17,18,19). The number of hydrogen-bond acceptors (Lipinski definition) is 4. The van der Waals surface area contributed by atoms with Gasteiger partial charge in [0.05, 0.1) is 19.8 Å². The van der Waals surface area contributed by atoms with Crippen molar-refractivity contribution < 1.29 is 9.47 Å². The van der Waals surface area contributed by atoms with Gasteiger partial charge in [0.2, 0.25) is 0 Å². The van der Waals surface area contributed by atoms with Crippen LogP contribution in [0.25, 0.3) is 11.1 Å². The van der Waals surface area contributed by atoms with Gasteiger partial charge in [-0.2, -0.15) is 0 Å². The quantitative estimate of drug-likeness (QED) is 0.943. The van der Waals surface area contributed by atoms with Crippen LogP contribution in [0.3, 0.4) is 0 Å². The van der Waals surface area contributed by atoms with Crippen molar-refractivity contribution in [2.75, 3.05) is 14.2 Å². The fourth-order valence-electron chi connectivity index (χ4n) is 2.15. The molecule has 0 aliphatic carbocycles. The van der Waals surface area contributed by atoms with E-state index in [1.807, 2.05) is 18.2 Å². The van der Waals surface area contributed by atoms with Gasteiger partial charge in [-0.3, -0.25) is 9.78 Å². The highest BCUT2D eigenvalue weighted by atomic mass is 16.5. The summed E-state index contributed by atoms with van der Waals surface area (Å²) < 4.78 is 10.3. The summed E-state index contributed by atoms with van der Waals surface area (Å²) in [5.41, 5.74) is 2.03. The third-order valence-corrected chi connectivity index (χ3v) is 3.29. The van der Waals surface area contributed by atoms with Crippen LogP contribution in [0.1, 0.15) is 26.3 Å². The fourth-order valence-corrected chi connectivity index (χ4v) is 2.15. The van der Waals surface area contributed by atoms with Gasteiger partial charge >= 0.3 is 0 Å². The molecule has 0 fully saturated rings. The zero-order chi connectivity index (χ0) is 15.6. The molecule has 0 aliphatic rings. The Morgan fingerprint density at radius 1 is 1.14 bits per heavy atom. The Labute approximate surface area is 124 Å². The molecule has 112 valence electrons. The predicted octanol–water partition coefficient (Wildman–Crippen LogP) is 2.75. The Morgan fingerprint density at radius 3 is 2.38 bits per heavy atom. The summed E-state index contributed by atoms with van der Waals surface area (Å²) >= 11 is 0. The van der Waals surface area contributed by atoms with E-state index in [-0.39, 0.29) is 17.0 Å². The highest BCUT2D eigenvalue weighted by molar-refractivity contribution is 5.65. The average Bonchev–Trinajstić information content (AvgIpc) is 2.45. The second-order valence-corrected chi connectivity index (χ2v) is 5.80. The largest absolute Gasteiger partial charge is 0.496 e. The van der Waals surface area contributed by atoms with E-state index in [1.165, 1.54) is 13.3 Å². The minimum Gasteiger partial charge on any atom is -0.496 e. The lowest BCUT2D eigenvalue weighted by Crippen LogP contribution is -2.15. The van der Waals surface area contributed by atoms with Crippen LogP contribution in [-0.4, -0.2) is 24.2 Å². The van der Waals surface area contributed by atoms with Crippen LogP contribution in [0.15, 0.2) is 29.2 Å². The molecule has 21 heavy (non-hydrogen) atoms. The molecule has 0 aliphatic heterocycles. The maximum absolute atomic E-state index is 12.1. The van der Waals surface area contributed by atoms with Crippen LogP contribution >= 0.6 is 0 Å². The number of ether oxygens (including phenoxy) is 2. The molecule has 0 amide bonds. The molecule has 0 unspecified atom stereocenters. The molecule has 2 rings (SSSR count). The van der Waals surface area contributed by atoms with E-state index in [2.05, 4.69) is 30.7 Å². The Hall–Kier alpha value is -2.30. The van der Waals surface area contributed by atoms with Crippen molar-refractivity contribution >= 4 is 0 Å². The van der Waals surface area contributed by atoms with Crippen LogP contribution in [0.4, 0.5) is 0 Å². The van der Waals surface area contributed by atoms with Gasteiger partial charge < -0.3 is 9.47 Å². The summed E-state index contributed by atoms with van der Waals surface area (Å²) in [5, 5.41) is 0. The highest BCUT2D eigenvalue weighted by Crippen LogP contribution is 2.34. The van der Waals surface area contributed by atoms with Crippen molar-refractivity contribution in [1.82, 2.24) is 9.97 Å². The summed E-state index contributed by atoms with van der Waals surface area (Å²) in [6, 6.07) is 5.90. The first-order valence-corrected chi connectivity index (χ1v) is 6.69. The summed E-state index contributed by atoms with van der Waals surface area (Å²) in [7, 11) is 3.11. The Kier molecular flexibility index (Phi) is 4.02. The van der Waals surface area contributed by atoms with Crippen molar-refractivity contribution in [2.45, 2.75) is 26.2 Å². The van der Waals surface area contributed by atoms with Gasteiger partial charge in [-0.1, -0.05) is 26.8 Å². The minimum absolute atomic E-state index is 0.0893. The molecule has 1 aromatic heterocycles. The fraction of sp³-hybridized carbons (Fsp3) is 0.375. The summed E-state index contributed by atoms with van der Waals surface area (Å²) in [4.78, 5) is 18.8. The van der Waals surface area contributed by atoms with Crippen molar-refractivity contribution in [3.63, 3.8) is 0 Å². The predicted molar refractivity (Wildman–Crippen MR) is 82.1 cm³/mol. The Bertz CT molecular complexity index is 699.